The number of ketones is 1. The first-order chi connectivity index (χ1) is 38.7. The number of pyridine rings is 2. The van der Waals surface area contributed by atoms with Crippen molar-refractivity contribution in [3.63, 3.8) is 0 Å². The van der Waals surface area contributed by atoms with E-state index in [2.05, 4.69) is 61.8 Å². The van der Waals surface area contributed by atoms with E-state index < -0.39 is 11.1 Å². The van der Waals surface area contributed by atoms with E-state index >= 15 is 0 Å². The van der Waals surface area contributed by atoms with Gasteiger partial charge in [0.1, 0.15) is 5.78 Å². The Hall–Kier alpha value is -7.45. The van der Waals surface area contributed by atoms with Crippen molar-refractivity contribution in [1.29, 1.82) is 0 Å². The molecule has 2 aliphatic carbocycles. The van der Waals surface area contributed by atoms with E-state index in [0.29, 0.717) is 67.3 Å². The molecule has 0 radical (unpaired) electrons. The summed E-state index contributed by atoms with van der Waals surface area (Å²) in [6.07, 6.45) is 9.09. The van der Waals surface area contributed by atoms with Gasteiger partial charge in [-0.05, 0) is 156 Å². The van der Waals surface area contributed by atoms with Gasteiger partial charge in [-0.1, -0.05) is 30.3 Å². The number of aliphatic hydroxyl groups is 1. The van der Waals surface area contributed by atoms with Crippen LogP contribution in [0.25, 0.3) is 11.3 Å². The number of anilines is 6. The fourth-order valence-electron chi connectivity index (χ4n) is 14.5. The third-order valence-corrected chi connectivity index (χ3v) is 18.9. The average Bonchev–Trinajstić information content (AvgIpc) is 4.41. The first-order valence-electron chi connectivity index (χ1n) is 28.7. The molecule has 8 heterocycles. The molecular weight excluding hydrogens is 1010 g/mol. The van der Waals surface area contributed by atoms with Crippen LogP contribution >= 0.6 is 0 Å². The van der Waals surface area contributed by atoms with Crippen molar-refractivity contribution in [2.75, 3.05) is 108 Å². The van der Waals surface area contributed by atoms with E-state index in [1.807, 2.05) is 132 Å². The van der Waals surface area contributed by atoms with Crippen LogP contribution in [0.4, 0.5) is 34.6 Å². The summed E-state index contributed by atoms with van der Waals surface area (Å²) in [5.74, 6) is 2.25. The molecule has 4 aliphatic heterocycles. The summed E-state index contributed by atoms with van der Waals surface area (Å²) in [4.78, 5) is 64.2. The molecule has 2 amide bonds. The zero-order chi connectivity index (χ0) is 54.9. The molecular formula is C61H73N15O4. The number of amides is 2. The van der Waals surface area contributed by atoms with Gasteiger partial charge in [-0.15, -0.1) is 10.2 Å². The largest absolute Gasteiger partial charge is 0.385 e. The highest BCUT2D eigenvalue weighted by Gasteiger charge is 2.54. The minimum Gasteiger partial charge on any atom is -0.385 e. The third-order valence-electron chi connectivity index (χ3n) is 18.9. The molecule has 416 valence electrons. The molecule has 3 aromatic carbocycles. The van der Waals surface area contributed by atoms with Crippen molar-refractivity contribution in [2.24, 2.45) is 23.7 Å². The van der Waals surface area contributed by atoms with Crippen LogP contribution in [0.15, 0.2) is 116 Å². The summed E-state index contributed by atoms with van der Waals surface area (Å²) in [6, 6.07) is 33.6. The molecule has 3 unspecified atom stereocenters. The van der Waals surface area contributed by atoms with Crippen LogP contribution < -0.4 is 25.8 Å². The SMILES string of the molecule is CN1CCC(N(C)C(=O)c2ccc(Nc3nc4c(N5C[C@H]6CC(=O)C[C@@]6(NCC6CN(C)CCC6N(C)C(=O)c6ccc(Nc7nc8c(N9C[C@@H]%10CC(O)(c%11ccccc%11)C[C@@H]%10C9)cccn8n7)cc6)C5)cccn4n3)cc2)CC1. The highest BCUT2D eigenvalue weighted by Crippen LogP contribution is 2.50. The van der Waals surface area contributed by atoms with Crippen molar-refractivity contribution in [3.05, 3.63) is 132 Å². The van der Waals surface area contributed by atoms with Crippen LogP contribution in [0.3, 0.4) is 0 Å². The monoisotopic (exact) mass is 1080 g/mol. The Bertz CT molecular complexity index is 3400. The zero-order valence-electron chi connectivity index (χ0n) is 46.3. The second kappa shape index (κ2) is 20.9. The molecule has 19 heteroatoms. The summed E-state index contributed by atoms with van der Waals surface area (Å²) in [6.45, 7) is 7.44. The fraction of sp³-hybridized carbons (Fsp3) is 0.459. The smallest absolute Gasteiger partial charge is 0.253 e. The first kappa shape index (κ1) is 52.0. The molecule has 19 nitrogen and oxygen atoms in total. The van der Waals surface area contributed by atoms with Crippen LogP contribution in [-0.4, -0.2) is 176 Å². The van der Waals surface area contributed by atoms with Crippen molar-refractivity contribution < 1.29 is 19.5 Å². The molecule has 2 saturated carbocycles. The number of carbonyl (C=O) groups excluding carboxylic acids is 3. The maximum atomic E-state index is 14.4. The lowest BCUT2D eigenvalue weighted by atomic mass is 9.86. The maximum Gasteiger partial charge on any atom is 0.253 e. The quantitative estimate of drug-likeness (QED) is 0.0940. The fourth-order valence-corrected chi connectivity index (χ4v) is 14.5. The molecule has 4 N–H and O–H groups in total. The molecule has 80 heavy (non-hydrogen) atoms. The van der Waals surface area contributed by atoms with Gasteiger partial charge in [0.05, 0.1) is 17.0 Å². The number of hydrogen-bond donors (Lipinski definition) is 4. The first-order valence-corrected chi connectivity index (χ1v) is 28.7. The van der Waals surface area contributed by atoms with Gasteiger partial charge >= 0.3 is 0 Å². The highest BCUT2D eigenvalue weighted by molar-refractivity contribution is 5.95. The van der Waals surface area contributed by atoms with Crippen molar-refractivity contribution >= 4 is 63.5 Å². The van der Waals surface area contributed by atoms with E-state index in [-0.39, 0.29) is 41.5 Å². The molecule has 13 rings (SSSR count). The van der Waals surface area contributed by atoms with Crippen LogP contribution in [0, 0.1) is 23.7 Å². The second-order valence-electron chi connectivity index (χ2n) is 24.1. The lowest BCUT2D eigenvalue weighted by Gasteiger charge is -2.43. The standard InChI is InChI=1S/C61H73N15O4/c1-69-27-22-49(23-28-69)71(3)56(78)40-14-18-47(19-15-40)64-59-66-55-53(13-9-26-76(55)68-59)74-38-46-30-50(77)33-60(46,39-74)62-34-44-35-70(2)29-24-51(44)72(4)57(79)41-16-20-48(21-17-41)63-58-65-54-52(12-8-25-75(54)67-58)73-36-42-31-61(80,32-43(42)37-73)45-10-6-5-7-11-45/h5-21,25-26,42-44,46,49,51,62,80H,22-24,27-39H2,1-4H3,(H,63,67)(H,64,68)/t42-,43+,44?,46-,51?,60-,61?/m1/s1. The Morgan fingerprint density at radius 3 is 1.82 bits per heavy atom. The second-order valence-corrected chi connectivity index (χ2v) is 24.1. The molecule has 0 spiro atoms. The van der Waals surface area contributed by atoms with Gasteiger partial charge < -0.3 is 50.5 Å². The Morgan fingerprint density at radius 2 is 1.23 bits per heavy atom. The molecule has 4 aromatic heterocycles. The summed E-state index contributed by atoms with van der Waals surface area (Å²) in [7, 11) is 8.11. The predicted molar refractivity (Wildman–Crippen MR) is 309 cm³/mol. The Labute approximate surface area is 466 Å². The van der Waals surface area contributed by atoms with Gasteiger partial charge in [0.2, 0.25) is 11.9 Å². The summed E-state index contributed by atoms with van der Waals surface area (Å²) in [5, 5.41) is 31.9. The Kier molecular flexibility index (Phi) is 13.6. The van der Waals surface area contributed by atoms with E-state index in [1.165, 1.54) is 0 Å². The molecule has 4 saturated heterocycles. The van der Waals surface area contributed by atoms with Crippen molar-refractivity contribution in [2.45, 2.75) is 68.2 Å². The molecule has 0 bridgehead atoms. The molecule has 7 aromatic rings. The lowest BCUT2D eigenvalue weighted by Crippen LogP contribution is -2.57. The summed E-state index contributed by atoms with van der Waals surface area (Å²) in [5.41, 5.74) is 6.14. The lowest BCUT2D eigenvalue weighted by molar-refractivity contribution is -0.117. The van der Waals surface area contributed by atoms with Gasteiger partial charge in [-0.2, -0.15) is 9.97 Å². The Morgan fingerprint density at radius 1 is 0.662 bits per heavy atom. The van der Waals surface area contributed by atoms with Crippen molar-refractivity contribution in [1.82, 2.24) is 54.1 Å². The maximum absolute atomic E-state index is 14.4. The number of nitrogens with zero attached hydrogens (tertiary/aromatic N) is 12. The van der Waals surface area contributed by atoms with E-state index in [0.717, 1.165) is 111 Å². The number of aromatic nitrogens is 6. The summed E-state index contributed by atoms with van der Waals surface area (Å²) < 4.78 is 3.61. The minimum atomic E-state index is -0.776. The number of Topliss-reactive ketones (excluding diaryl/α,β-unsaturated/α-hetero) is 1. The van der Waals surface area contributed by atoms with Gasteiger partial charge in [0, 0.05) is 131 Å². The third kappa shape index (κ3) is 9.91. The molecule has 6 aliphatic rings. The average molecular weight is 1080 g/mol. The molecule has 7 atom stereocenters. The normalized spacial score (nSPS) is 26.3. The zero-order valence-corrected chi connectivity index (χ0v) is 46.3. The van der Waals surface area contributed by atoms with Crippen LogP contribution in [-0.2, 0) is 10.4 Å². The van der Waals surface area contributed by atoms with Crippen LogP contribution in [0.1, 0.15) is 71.2 Å². The van der Waals surface area contributed by atoms with Gasteiger partial charge in [-0.25, -0.2) is 9.03 Å². The van der Waals surface area contributed by atoms with Gasteiger partial charge in [-0.3, -0.25) is 14.4 Å². The van der Waals surface area contributed by atoms with E-state index in [1.54, 1.807) is 4.52 Å². The number of hydrogen-bond acceptors (Lipinski definition) is 15. The number of fused-ring (bicyclic) bond motifs is 4. The summed E-state index contributed by atoms with van der Waals surface area (Å²) >= 11 is 0. The number of rotatable bonds is 14. The number of nitrogens with one attached hydrogen (secondary N) is 3. The number of carbonyl (C=O) groups is 3. The minimum absolute atomic E-state index is 0.00665. The van der Waals surface area contributed by atoms with E-state index in [4.69, 9.17) is 20.2 Å². The topological polar surface area (TPSA) is 187 Å². The van der Waals surface area contributed by atoms with E-state index in [9.17, 15) is 19.5 Å². The van der Waals surface area contributed by atoms with Crippen molar-refractivity contribution in [3.8, 4) is 0 Å². The van der Waals surface area contributed by atoms with Crippen LogP contribution in [0.5, 0.6) is 0 Å². The van der Waals surface area contributed by atoms with Gasteiger partial charge in [0.15, 0.2) is 11.3 Å². The van der Waals surface area contributed by atoms with Crippen LogP contribution in [0.2, 0.25) is 0 Å². The predicted octanol–water partition coefficient (Wildman–Crippen LogP) is 6.38. The number of likely N-dealkylation sites (tertiary alicyclic amines) is 2. The Balaban J connectivity index is 0.639. The van der Waals surface area contributed by atoms with Gasteiger partial charge in [0.25, 0.3) is 11.8 Å². The number of benzene rings is 3. The molecule has 6 fully saturated rings. The highest BCUT2D eigenvalue weighted by atomic mass is 16.3. The number of piperidine rings is 2.